The number of rotatable bonds is 91. The van der Waals surface area contributed by atoms with Crippen molar-refractivity contribution in [1.29, 1.82) is 0 Å². The van der Waals surface area contributed by atoms with E-state index in [-0.39, 0.29) is 47.9 Å². The summed E-state index contributed by atoms with van der Waals surface area (Å²) in [5.74, 6) is 0.339. The van der Waals surface area contributed by atoms with E-state index in [2.05, 4.69) is 58.3 Å². The summed E-state index contributed by atoms with van der Waals surface area (Å²) in [6.45, 7) is 27.0. The number of hydrogen-bond donors (Lipinski definition) is 0. The van der Waals surface area contributed by atoms with E-state index in [9.17, 15) is 28.8 Å². The van der Waals surface area contributed by atoms with E-state index in [1.165, 1.54) is 309 Å². The third-order valence-electron chi connectivity index (χ3n) is 23.6. The highest BCUT2D eigenvalue weighted by molar-refractivity contribution is 5.76. The zero-order valence-electron chi connectivity index (χ0n) is 78.7. The Balaban J connectivity index is 0. The molecule has 0 saturated carbocycles. The number of unbranched alkanes of at least 4 members (excludes halogenated alkanes) is 50. The molecule has 14 nitrogen and oxygen atoms in total. The van der Waals surface area contributed by atoms with Crippen LogP contribution in [-0.2, 0) is 47.7 Å². The van der Waals surface area contributed by atoms with E-state index in [0.717, 1.165) is 161 Å². The van der Waals surface area contributed by atoms with E-state index in [4.69, 9.17) is 18.9 Å². The third kappa shape index (κ3) is 85.5. The SMILES string of the molecule is CCCCCCCCCOC(=O)CCCCCCCN(CCCC)CCCCCCCC(=O)OC(CCCCCCCC)CCCCCCCC.CCCCCCCCCOC(=O)CCCCCCCN(CCCCCCCC(=O)OC(CCCCCCCC)CCCCCCCC)CCCCC(=O)N(C)CCCN(C)C(=O)CC. The predicted molar refractivity (Wildman–Crippen MR) is 492 cm³/mol. The van der Waals surface area contributed by atoms with Gasteiger partial charge in [-0.3, -0.25) is 28.8 Å². The third-order valence-corrected chi connectivity index (χ3v) is 23.6. The molecule has 14 heteroatoms. The summed E-state index contributed by atoms with van der Waals surface area (Å²) < 4.78 is 23.1. The van der Waals surface area contributed by atoms with Gasteiger partial charge in [-0.15, -0.1) is 0 Å². The average Bonchev–Trinajstić information content (AvgIpc) is 0.908. The number of ether oxygens (including phenoxy) is 4. The van der Waals surface area contributed by atoms with E-state index >= 15 is 0 Å². The number of carbonyl (C=O) groups is 6. The molecule has 0 N–H and O–H groups in total. The Morgan fingerprint density at radius 3 is 0.713 bits per heavy atom. The number of carbonyl (C=O) groups excluding carboxylic acids is 6. The van der Waals surface area contributed by atoms with Crippen LogP contribution in [0.2, 0.25) is 0 Å². The maximum absolute atomic E-state index is 12.9. The number of hydrogen-bond acceptors (Lipinski definition) is 12. The van der Waals surface area contributed by atoms with Gasteiger partial charge in [-0.25, -0.2) is 0 Å². The molecule has 0 aliphatic carbocycles. The lowest BCUT2D eigenvalue weighted by atomic mass is 10.0. The summed E-state index contributed by atoms with van der Waals surface area (Å²) in [5, 5.41) is 0. The van der Waals surface area contributed by atoms with E-state index in [1.54, 1.807) is 4.90 Å². The summed E-state index contributed by atoms with van der Waals surface area (Å²) in [6, 6.07) is 0. The molecule has 0 heterocycles. The zero-order valence-corrected chi connectivity index (χ0v) is 78.7. The average molecular weight is 1630 g/mol. The predicted octanol–water partition coefficient (Wildman–Crippen LogP) is 29.0. The topological polar surface area (TPSA) is 152 Å². The molecule has 0 unspecified atom stereocenters. The standard InChI is InChI=1S/C55H107N3O6.C46H91NO4/c1-7-11-14-17-20-29-38-50-63-54(61)43-32-25-21-27-35-47-58(49-37-34-42-53(60)57(6)46-39-45-56(5)52(59)10-4)48-36-28-22-26-33-44-55(62)64-51(40-30-23-18-15-12-8-2)41-31-24-19-16-13-9-3;1-5-9-13-16-19-28-35-43-50-45(48)38-31-24-20-26-33-41-47(40-12-8-4)42-34-27-21-25-32-39-46(49)51-44(36-29-22-17-14-10-6-2)37-30-23-18-15-11-7-3/h51H,7-50H2,1-6H3;44H,5-43H2,1-4H3. The van der Waals surface area contributed by atoms with Crippen LogP contribution in [0.15, 0.2) is 0 Å². The first-order valence-electron chi connectivity index (χ1n) is 50.9. The molecule has 682 valence electrons. The van der Waals surface area contributed by atoms with Gasteiger partial charge in [0.1, 0.15) is 12.2 Å². The van der Waals surface area contributed by atoms with Gasteiger partial charge in [0.15, 0.2) is 0 Å². The van der Waals surface area contributed by atoms with Gasteiger partial charge in [0.25, 0.3) is 0 Å². The van der Waals surface area contributed by atoms with Crippen molar-refractivity contribution in [2.45, 2.75) is 536 Å². The van der Waals surface area contributed by atoms with Crippen LogP contribution >= 0.6 is 0 Å². The van der Waals surface area contributed by atoms with Gasteiger partial charge in [-0.1, -0.05) is 344 Å². The second-order valence-corrected chi connectivity index (χ2v) is 35.0. The lowest BCUT2D eigenvalue weighted by Gasteiger charge is -2.23. The summed E-state index contributed by atoms with van der Waals surface area (Å²) in [7, 11) is 3.71. The molecular formula is C101H198N4O10. The molecule has 0 fully saturated rings. The molecule has 0 aromatic heterocycles. The first kappa shape index (κ1) is 114. The molecule has 0 aromatic rings. The van der Waals surface area contributed by atoms with E-state index in [1.807, 2.05) is 25.9 Å². The highest BCUT2D eigenvalue weighted by Gasteiger charge is 2.18. The van der Waals surface area contributed by atoms with Crippen LogP contribution in [0.25, 0.3) is 0 Å². The highest BCUT2D eigenvalue weighted by Crippen LogP contribution is 2.23. The van der Waals surface area contributed by atoms with Crippen molar-refractivity contribution in [1.82, 2.24) is 19.6 Å². The second kappa shape index (κ2) is 93.0. The monoisotopic (exact) mass is 1630 g/mol. The maximum Gasteiger partial charge on any atom is 0.306 e. The summed E-state index contributed by atoms with van der Waals surface area (Å²) in [5.41, 5.74) is 0. The molecule has 2 amide bonds. The first-order chi connectivity index (χ1) is 56.2. The quantitative estimate of drug-likeness (QED) is 0.0324. The maximum atomic E-state index is 12.9. The molecule has 0 atom stereocenters. The molecule has 0 rings (SSSR count). The van der Waals surface area contributed by atoms with Crippen LogP contribution in [-0.4, -0.2) is 147 Å². The van der Waals surface area contributed by atoms with E-state index < -0.39 is 0 Å². The molecule has 0 aliphatic rings. The first-order valence-corrected chi connectivity index (χ1v) is 50.9. The minimum Gasteiger partial charge on any atom is -0.466 e. The minimum atomic E-state index is -0.0379. The van der Waals surface area contributed by atoms with Crippen molar-refractivity contribution < 1.29 is 47.7 Å². The lowest BCUT2D eigenvalue weighted by molar-refractivity contribution is -0.151. The minimum absolute atomic E-state index is 0.00194. The molecule has 0 aliphatic heterocycles. The molecule has 0 saturated heterocycles. The van der Waals surface area contributed by atoms with Crippen molar-refractivity contribution in [3.8, 4) is 0 Å². The van der Waals surface area contributed by atoms with Crippen LogP contribution in [0.1, 0.15) is 524 Å². The Labute approximate surface area is 715 Å². The Morgan fingerprint density at radius 2 is 0.426 bits per heavy atom. The summed E-state index contributed by atoms with van der Waals surface area (Å²) in [6.07, 6.45) is 83.6. The fourth-order valence-electron chi connectivity index (χ4n) is 15.7. The molecule has 0 bridgehead atoms. The molecule has 0 aromatic carbocycles. The summed E-state index contributed by atoms with van der Waals surface area (Å²) in [4.78, 5) is 83.4. The van der Waals surface area contributed by atoms with Crippen LogP contribution in [0, 0.1) is 0 Å². The summed E-state index contributed by atoms with van der Waals surface area (Å²) >= 11 is 0. The smallest absolute Gasteiger partial charge is 0.306 e. The molecule has 0 radical (unpaired) electrons. The number of esters is 4. The lowest BCUT2D eigenvalue weighted by Crippen LogP contribution is -2.32. The van der Waals surface area contributed by atoms with Crippen molar-refractivity contribution >= 4 is 35.7 Å². The van der Waals surface area contributed by atoms with Crippen LogP contribution in [0.3, 0.4) is 0 Å². The Morgan fingerprint density at radius 1 is 0.209 bits per heavy atom. The number of nitrogens with zero attached hydrogens (tertiary/aromatic N) is 4. The Hall–Kier alpha value is -3.26. The van der Waals surface area contributed by atoms with Crippen molar-refractivity contribution in [3.05, 3.63) is 0 Å². The fraction of sp³-hybridized carbons (Fsp3) is 0.941. The largest absolute Gasteiger partial charge is 0.466 e. The normalized spacial score (nSPS) is 11.5. The fourth-order valence-corrected chi connectivity index (χ4v) is 15.7. The number of amides is 2. The van der Waals surface area contributed by atoms with Crippen LogP contribution in [0.5, 0.6) is 0 Å². The van der Waals surface area contributed by atoms with Gasteiger partial charge in [0, 0.05) is 65.7 Å². The molecular weight excluding hydrogens is 1430 g/mol. The Kier molecular flexibility index (Phi) is 92.0. The van der Waals surface area contributed by atoms with Gasteiger partial charge < -0.3 is 38.5 Å². The van der Waals surface area contributed by atoms with Gasteiger partial charge in [-0.2, -0.15) is 0 Å². The van der Waals surface area contributed by atoms with Crippen LogP contribution in [0.4, 0.5) is 0 Å². The molecule has 115 heavy (non-hydrogen) atoms. The van der Waals surface area contributed by atoms with Gasteiger partial charge in [-0.05, 0) is 181 Å². The van der Waals surface area contributed by atoms with Gasteiger partial charge >= 0.3 is 23.9 Å². The Bertz CT molecular complexity index is 2030. The van der Waals surface area contributed by atoms with Crippen LogP contribution < -0.4 is 0 Å². The molecule has 0 spiro atoms. The van der Waals surface area contributed by atoms with Gasteiger partial charge in [0.05, 0.1) is 13.2 Å². The van der Waals surface area contributed by atoms with Gasteiger partial charge in [0.2, 0.25) is 11.8 Å². The van der Waals surface area contributed by atoms with Crippen molar-refractivity contribution in [2.24, 2.45) is 0 Å². The zero-order chi connectivity index (χ0) is 84.4. The second-order valence-electron chi connectivity index (χ2n) is 35.0. The van der Waals surface area contributed by atoms with Crippen molar-refractivity contribution in [3.63, 3.8) is 0 Å². The highest BCUT2D eigenvalue weighted by atomic mass is 16.6. The van der Waals surface area contributed by atoms with E-state index in [0.29, 0.717) is 64.8 Å². The van der Waals surface area contributed by atoms with Crippen molar-refractivity contribution in [2.75, 3.05) is 79.7 Å².